The third-order valence-electron chi connectivity index (χ3n) is 9.63. The van der Waals surface area contributed by atoms with Gasteiger partial charge in [-0.25, -0.2) is 0 Å². The third-order valence-corrected chi connectivity index (χ3v) is 9.63. The summed E-state index contributed by atoms with van der Waals surface area (Å²) in [5, 5.41) is 13.7. The topological polar surface area (TPSA) is 77.0 Å². The molecule has 4 aliphatic rings. The number of ether oxygens (including phenoxy) is 3. The first kappa shape index (κ1) is 24.2. The zero-order valence-corrected chi connectivity index (χ0v) is 21.6. The SMILES string of the molecule is COc1cc(/C=C2/C[C@H]3[C@@H]4CC=C5C[C@@H](O)CC[C@]5(C)[C@H]4CC[C@]3(C)NC2=O)cc(OC)c1OC. The zero-order valence-electron chi connectivity index (χ0n) is 21.6. The van der Waals surface area contributed by atoms with Crippen LogP contribution in [-0.2, 0) is 4.79 Å². The summed E-state index contributed by atoms with van der Waals surface area (Å²) in [7, 11) is 4.79. The molecule has 0 spiro atoms. The summed E-state index contributed by atoms with van der Waals surface area (Å²) >= 11 is 0. The molecular formula is C29H39NO5. The maximum Gasteiger partial charge on any atom is 0.247 e. The van der Waals surface area contributed by atoms with Gasteiger partial charge in [-0.15, -0.1) is 0 Å². The molecule has 2 saturated carbocycles. The van der Waals surface area contributed by atoms with E-state index in [0.717, 1.165) is 56.1 Å². The largest absolute Gasteiger partial charge is 0.493 e. The second kappa shape index (κ2) is 8.88. The maximum atomic E-state index is 13.3. The molecule has 6 nitrogen and oxygen atoms in total. The van der Waals surface area contributed by atoms with Crippen LogP contribution >= 0.6 is 0 Å². The molecule has 1 aromatic rings. The average Bonchev–Trinajstić information content (AvgIpc) is 2.84. The lowest BCUT2D eigenvalue weighted by Crippen LogP contribution is -2.63. The number of piperidine rings is 1. The number of amides is 1. The Morgan fingerprint density at radius 2 is 1.71 bits per heavy atom. The van der Waals surface area contributed by atoms with Crippen LogP contribution in [0.4, 0.5) is 0 Å². The Morgan fingerprint density at radius 1 is 1.00 bits per heavy atom. The first-order chi connectivity index (χ1) is 16.7. The molecule has 1 saturated heterocycles. The molecule has 0 bridgehead atoms. The van der Waals surface area contributed by atoms with Crippen LogP contribution in [0.15, 0.2) is 29.4 Å². The van der Waals surface area contributed by atoms with Gasteiger partial charge in [0.25, 0.3) is 0 Å². The normalized spacial score (nSPS) is 37.4. The van der Waals surface area contributed by atoms with Crippen molar-refractivity contribution in [3.05, 3.63) is 34.9 Å². The van der Waals surface area contributed by atoms with E-state index >= 15 is 0 Å². The fourth-order valence-electron chi connectivity index (χ4n) is 7.67. The first-order valence-electron chi connectivity index (χ1n) is 12.9. The predicted octanol–water partition coefficient (Wildman–Crippen LogP) is 4.90. The Morgan fingerprint density at radius 3 is 2.37 bits per heavy atom. The molecule has 5 rings (SSSR count). The van der Waals surface area contributed by atoms with E-state index in [9.17, 15) is 9.90 Å². The standard InChI is InChI=1S/C29H39NO5/c1-28-10-8-20(31)16-19(28)6-7-21-22(28)9-11-29(2)23(21)15-18(27(32)30-29)12-17-13-24(33-3)26(35-5)25(14-17)34-4/h6,12-14,20-23,31H,7-11,15-16H2,1-5H3,(H,30,32)/b18-12-/t20-,21+,22-,23-,28-,29-/m0/s1. The van der Waals surface area contributed by atoms with Crippen molar-refractivity contribution in [3.8, 4) is 17.2 Å². The Hall–Kier alpha value is -2.47. The van der Waals surface area contributed by atoms with E-state index in [1.54, 1.807) is 21.3 Å². The van der Waals surface area contributed by atoms with Gasteiger partial charge in [0.1, 0.15) is 0 Å². The van der Waals surface area contributed by atoms with Crippen LogP contribution in [0.1, 0.15) is 64.4 Å². The second-order valence-electron chi connectivity index (χ2n) is 11.4. The van der Waals surface area contributed by atoms with Crippen LogP contribution in [0.25, 0.3) is 6.08 Å². The van der Waals surface area contributed by atoms with Crippen LogP contribution < -0.4 is 19.5 Å². The minimum absolute atomic E-state index is 0.0231. The van der Waals surface area contributed by atoms with Gasteiger partial charge < -0.3 is 24.6 Å². The molecular weight excluding hydrogens is 442 g/mol. The second-order valence-corrected chi connectivity index (χ2v) is 11.4. The molecule has 3 fully saturated rings. The van der Waals surface area contributed by atoms with Crippen LogP contribution in [0.3, 0.4) is 0 Å². The van der Waals surface area contributed by atoms with Crippen LogP contribution in [-0.4, -0.2) is 44.0 Å². The van der Waals surface area contributed by atoms with E-state index < -0.39 is 0 Å². The fraction of sp³-hybridized carbons (Fsp3) is 0.621. The highest BCUT2D eigenvalue weighted by atomic mass is 16.5. The summed E-state index contributed by atoms with van der Waals surface area (Å²) in [5.41, 5.74) is 3.13. The minimum Gasteiger partial charge on any atom is -0.493 e. The van der Waals surface area contributed by atoms with Crippen molar-refractivity contribution in [2.24, 2.45) is 23.2 Å². The van der Waals surface area contributed by atoms with Gasteiger partial charge in [0, 0.05) is 11.1 Å². The molecule has 1 heterocycles. The Kier molecular flexibility index (Phi) is 6.15. The number of hydrogen-bond acceptors (Lipinski definition) is 5. The highest BCUT2D eigenvalue weighted by molar-refractivity contribution is 5.99. The molecule has 0 aromatic heterocycles. The Bertz CT molecular complexity index is 1050. The molecule has 1 amide bonds. The van der Waals surface area contributed by atoms with Crippen LogP contribution in [0, 0.1) is 23.2 Å². The highest BCUT2D eigenvalue weighted by Gasteiger charge is 2.56. The van der Waals surface area contributed by atoms with Crippen molar-refractivity contribution in [2.45, 2.75) is 70.4 Å². The molecule has 2 N–H and O–H groups in total. The summed E-state index contributed by atoms with van der Waals surface area (Å²) in [5.74, 6) is 3.24. The number of nitrogens with one attached hydrogen (secondary N) is 1. The summed E-state index contributed by atoms with van der Waals surface area (Å²) in [6.45, 7) is 4.67. The molecule has 3 aliphatic carbocycles. The van der Waals surface area contributed by atoms with E-state index in [1.165, 1.54) is 5.57 Å². The van der Waals surface area contributed by atoms with Crippen molar-refractivity contribution in [1.29, 1.82) is 0 Å². The number of allylic oxidation sites excluding steroid dienone is 1. The number of hydrogen-bond donors (Lipinski definition) is 2. The van der Waals surface area contributed by atoms with Crippen molar-refractivity contribution in [1.82, 2.24) is 5.32 Å². The van der Waals surface area contributed by atoms with E-state index in [4.69, 9.17) is 14.2 Å². The van der Waals surface area contributed by atoms with Gasteiger partial charge in [-0.1, -0.05) is 18.6 Å². The van der Waals surface area contributed by atoms with E-state index in [0.29, 0.717) is 35.0 Å². The van der Waals surface area contributed by atoms with Gasteiger partial charge in [0.05, 0.1) is 27.4 Å². The first-order valence-corrected chi connectivity index (χ1v) is 12.9. The Labute approximate surface area is 208 Å². The van der Waals surface area contributed by atoms with Gasteiger partial charge in [-0.2, -0.15) is 0 Å². The Balaban J connectivity index is 1.48. The highest BCUT2D eigenvalue weighted by Crippen LogP contribution is 2.61. The number of aliphatic hydroxyl groups is 1. The van der Waals surface area contributed by atoms with Gasteiger partial charge in [-0.3, -0.25) is 4.79 Å². The van der Waals surface area contributed by atoms with Gasteiger partial charge in [-0.05, 0) is 98.8 Å². The van der Waals surface area contributed by atoms with E-state index in [-0.39, 0.29) is 23.0 Å². The summed E-state index contributed by atoms with van der Waals surface area (Å²) < 4.78 is 16.5. The average molecular weight is 482 g/mol. The fourth-order valence-corrected chi connectivity index (χ4v) is 7.67. The maximum absolute atomic E-state index is 13.3. The number of benzene rings is 1. The van der Waals surface area contributed by atoms with Crippen LogP contribution in [0.2, 0.25) is 0 Å². The smallest absolute Gasteiger partial charge is 0.247 e. The number of carbonyl (C=O) groups excluding carboxylic acids is 1. The number of rotatable bonds is 4. The molecule has 35 heavy (non-hydrogen) atoms. The molecule has 0 unspecified atom stereocenters. The lowest BCUT2D eigenvalue weighted by Gasteiger charge is -2.59. The minimum atomic E-state index is -0.193. The summed E-state index contributed by atoms with van der Waals surface area (Å²) in [4.78, 5) is 13.3. The molecule has 6 atom stereocenters. The third kappa shape index (κ3) is 3.94. The van der Waals surface area contributed by atoms with Crippen molar-refractivity contribution in [2.75, 3.05) is 21.3 Å². The predicted molar refractivity (Wildman–Crippen MR) is 136 cm³/mol. The van der Waals surface area contributed by atoms with Crippen LogP contribution in [0.5, 0.6) is 17.2 Å². The van der Waals surface area contributed by atoms with Gasteiger partial charge in [0.15, 0.2) is 11.5 Å². The van der Waals surface area contributed by atoms with E-state index in [1.807, 2.05) is 18.2 Å². The van der Waals surface area contributed by atoms with Crippen molar-refractivity contribution >= 4 is 12.0 Å². The number of carbonyl (C=O) groups is 1. The molecule has 190 valence electrons. The lowest BCUT2D eigenvalue weighted by molar-refractivity contribution is -0.125. The number of methoxy groups -OCH3 is 3. The summed E-state index contributed by atoms with van der Waals surface area (Å²) in [6, 6.07) is 3.78. The molecule has 0 radical (unpaired) electrons. The van der Waals surface area contributed by atoms with Gasteiger partial charge in [0.2, 0.25) is 11.7 Å². The zero-order chi connectivity index (χ0) is 25.0. The quantitative estimate of drug-likeness (QED) is 0.473. The number of fused-ring (bicyclic) bond motifs is 5. The van der Waals surface area contributed by atoms with Crippen molar-refractivity contribution in [3.63, 3.8) is 0 Å². The van der Waals surface area contributed by atoms with E-state index in [2.05, 4.69) is 25.2 Å². The van der Waals surface area contributed by atoms with Crippen molar-refractivity contribution < 1.29 is 24.1 Å². The monoisotopic (exact) mass is 481 g/mol. The molecule has 1 aromatic carbocycles. The molecule has 1 aliphatic heterocycles. The number of aliphatic hydroxyl groups excluding tert-OH is 1. The summed E-state index contributed by atoms with van der Waals surface area (Å²) in [6.07, 6.45) is 10.9. The lowest BCUT2D eigenvalue weighted by atomic mass is 9.48. The van der Waals surface area contributed by atoms with Gasteiger partial charge >= 0.3 is 0 Å². The molecule has 6 heteroatoms.